The summed E-state index contributed by atoms with van der Waals surface area (Å²) in [7, 11) is 0. The molecule has 2 heterocycles. The fourth-order valence-electron chi connectivity index (χ4n) is 2.89. The molecule has 0 unspecified atom stereocenters. The highest BCUT2D eigenvalue weighted by Gasteiger charge is 2.73. The summed E-state index contributed by atoms with van der Waals surface area (Å²) in [6.07, 6.45) is 2.81. The molecule has 1 N–H and O–H groups in total. The van der Waals surface area contributed by atoms with Crippen molar-refractivity contribution in [2.45, 2.75) is 37.3 Å². The molecule has 0 aromatic heterocycles. The van der Waals surface area contributed by atoms with Gasteiger partial charge in [-0.25, -0.2) is 8.78 Å². The highest BCUT2D eigenvalue weighted by atomic mass is 19.3. The van der Waals surface area contributed by atoms with Gasteiger partial charge in [0.15, 0.2) is 0 Å². The lowest BCUT2D eigenvalue weighted by atomic mass is 10.1. The quantitative estimate of drug-likeness (QED) is 0.563. The maximum absolute atomic E-state index is 12.9. The number of halogens is 2. The van der Waals surface area contributed by atoms with Crippen LogP contribution in [-0.4, -0.2) is 18.0 Å². The van der Waals surface area contributed by atoms with Gasteiger partial charge in [-0.2, -0.15) is 0 Å². The maximum Gasteiger partial charge on any atom is 0.256 e. The summed E-state index contributed by atoms with van der Waals surface area (Å²) in [6, 6.07) is 0.559. The number of piperidine rings is 1. The Labute approximate surface area is 64.2 Å². The van der Waals surface area contributed by atoms with Crippen LogP contribution in [0.1, 0.15) is 19.3 Å². The van der Waals surface area contributed by atoms with E-state index in [0.717, 1.165) is 12.8 Å². The maximum atomic E-state index is 12.9. The van der Waals surface area contributed by atoms with Crippen molar-refractivity contribution < 1.29 is 8.78 Å². The molecule has 3 fully saturated rings. The lowest BCUT2D eigenvalue weighted by Gasteiger charge is -2.17. The molecule has 0 amide bonds. The molecule has 0 radical (unpaired) electrons. The minimum Gasteiger partial charge on any atom is -0.311 e. The highest BCUT2D eigenvalue weighted by Crippen LogP contribution is 2.63. The molecule has 4 atom stereocenters. The summed E-state index contributed by atoms with van der Waals surface area (Å²) in [5.41, 5.74) is 0. The molecular weight excluding hydrogens is 148 g/mol. The van der Waals surface area contributed by atoms with Crippen LogP contribution in [0.5, 0.6) is 0 Å². The van der Waals surface area contributed by atoms with Gasteiger partial charge in [-0.1, -0.05) is 0 Å². The first-order chi connectivity index (χ1) is 5.19. The number of hydrogen-bond donors (Lipinski definition) is 1. The van der Waals surface area contributed by atoms with Gasteiger partial charge in [0, 0.05) is 23.9 Å². The van der Waals surface area contributed by atoms with Crippen molar-refractivity contribution in [3.8, 4) is 0 Å². The predicted molar refractivity (Wildman–Crippen MR) is 36.5 cm³/mol. The molecule has 3 aliphatic rings. The Bertz CT molecular complexity index is 202. The number of rotatable bonds is 0. The molecule has 0 aromatic carbocycles. The zero-order valence-electron chi connectivity index (χ0n) is 6.19. The summed E-state index contributed by atoms with van der Waals surface area (Å²) in [5.74, 6) is -2.88. The topological polar surface area (TPSA) is 12.0 Å². The van der Waals surface area contributed by atoms with Crippen LogP contribution in [0.4, 0.5) is 8.78 Å². The average Bonchev–Trinajstić information content (AvgIpc) is 2.37. The van der Waals surface area contributed by atoms with Crippen molar-refractivity contribution in [2.24, 2.45) is 11.8 Å². The van der Waals surface area contributed by atoms with Crippen molar-refractivity contribution in [3.63, 3.8) is 0 Å². The van der Waals surface area contributed by atoms with Crippen LogP contribution >= 0.6 is 0 Å². The molecule has 11 heavy (non-hydrogen) atoms. The van der Waals surface area contributed by atoms with Crippen LogP contribution in [-0.2, 0) is 0 Å². The molecule has 1 nitrogen and oxygen atoms in total. The van der Waals surface area contributed by atoms with Crippen LogP contribution in [0.15, 0.2) is 0 Å². The lowest BCUT2D eigenvalue weighted by Crippen LogP contribution is -2.35. The van der Waals surface area contributed by atoms with E-state index in [0.29, 0.717) is 12.5 Å². The Balaban J connectivity index is 1.90. The SMILES string of the molecule is FC1(F)[C@@H]2[C@H]1C[C@H]1CC[C@H]2N1. The number of alkyl halides is 2. The van der Waals surface area contributed by atoms with Crippen LogP contribution < -0.4 is 5.32 Å². The van der Waals surface area contributed by atoms with Gasteiger partial charge in [0.05, 0.1) is 0 Å². The first-order valence-electron chi connectivity index (χ1n) is 4.33. The highest BCUT2D eigenvalue weighted by molar-refractivity contribution is 5.17. The lowest BCUT2D eigenvalue weighted by molar-refractivity contribution is 0.0803. The zero-order valence-corrected chi connectivity index (χ0v) is 6.19. The van der Waals surface area contributed by atoms with Gasteiger partial charge in [-0.05, 0) is 19.3 Å². The summed E-state index contributed by atoms with van der Waals surface area (Å²) in [6.45, 7) is 0. The number of nitrogens with one attached hydrogen (secondary N) is 1. The van der Waals surface area contributed by atoms with E-state index < -0.39 is 5.92 Å². The van der Waals surface area contributed by atoms with Gasteiger partial charge in [-0.15, -0.1) is 0 Å². The van der Waals surface area contributed by atoms with Crippen molar-refractivity contribution in [3.05, 3.63) is 0 Å². The average molecular weight is 159 g/mol. The van der Waals surface area contributed by atoms with Crippen LogP contribution in [0.25, 0.3) is 0 Å². The molecule has 2 aliphatic heterocycles. The first-order valence-corrected chi connectivity index (χ1v) is 4.33. The first kappa shape index (κ1) is 6.35. The van der Waals surface area contributed by atoms with Gasteiger partial charge in [-0.3, -0.25) is 0 Å². The summed E-state index contributed by atoms with van der Waals surface area (Å²) in [5, 5.41) is 3.26. The Kier molecular flexibility index (Phi) is 0.926. The standard InChI is InChI=1S/C8H11F2N/c9-8(10)5-3-4-1-2-6(11-4)7(5)8/h4-7,11H,1-3H2/t4-,5-,6-,7-/m1/s1. The predicted octanol–water partition coefficient (Wildman–Crippen LogP) is 1.39. The van der Waals surface area contributed by atoms with E-state index in [1.165, 1.54) is 0 Å². The van der Waals surface area contributed by atoms with Gasteiger partial charge >= 0.3 is 0 Å². The minimum atomic E-state index is -2.31. The molecule has 2 saturated heterocycles. The van der Waals surface area contributed by atoms with E-state index in [-0.39, 0.29) is 17.9 Å². The van der Waals surface area contributed by atoms with E-state index in [9.17, 15) is 8.78 Å². The Morgan fingerprint density at radius 1 is 1.27 bits per heavy atom. The molecule has 2 bridgehead atoms. The van der Waals surface area contributed by atoms with Gasteiger partial charge in [0.1, 0.15) is 0 Å². The molecule has 0 aromatic rings. The van der Waals surface area contributed by atoms with Crippen molar-refractivity contribution in [1.29, 1.82) is 0 Å². The van der Waals surface area contributed by atoms with E-state index in [1.54, 1.807) is 0 Å². The van der Waals surface area contributed by atoms with Gasteiger partial charge in [0.2, 0.25) is 0 Å². The fraction of sp³-hybridized carbons (Fsp3) is 1.00. The second-order valence-electron chi connectivity index (χ2n) is 4.09. The monoisotopic (exact) mass is 159 g/mol. The Morgan fingerprint density at radius 2 is 2.09 bits per heavy atom. The smallest absolute Gasteiger partial charge is 0.256 e. The zero-order chi connectivity index (χ0) is 7.64. The molecule has 62 valence electrons. The fourth-order valence-corrected chi connectivity index (χ4v) is 2.89. The normalized spacial score (nSPS) is 57.3. The number of fused-ring (bicyclic) bond motifs is 4. The summed E-state index contributed by atoms with van der Waals surface area (Å²) in [4.78, 5) is 0. The second kappa shape index (κ2) is 1.60. The van der Waals surface area contributed by atoms with Crippen molar-refractivity contribution in [1.82, 2.24) is 5.32 Å². The third-order valence-corrected chi connectivity index (χ3v) is 3.51. The molecule has 1 aliphatic carbocycles. The van der Waals surface area contributed by atoms with E-state index in [4.69, 9.17) is 0 Å². The Morgan fingerprint density at radius 3 is 2.91 bits per heavy atom. The Hall–Kier alpha value is -0.180. The number of hydrogen-bond acceptors (Lipinski definition) is 1. The van der Waals surface area contributed by atoms with Crippen LogP contribution in [0.3, 0.4) is 0 Å². The van der Waals surface area contributed by atoms with E-state index >= 15 is 0 Å². The molecule has 3 heteroatoms. The second-order valence-corrected chi connectivity index (χ2v) is 4.09. The molecule has 0 spiro atoms. The van der Waals surface area contributed by atoms with Gasteiger partial charge in [0.25, 0.3) is 5.92 Å². The van der Waals surface area contributed by atoms with Crippen LogP contribution in [0.2, 0.25) is 0 Å². The van der Waals surface area contributed by atoms with Crippen molar-refractivity contribution in [2.75, 3.05) is 0 Å². The minimum absolute atomic E-state index is 0.147. The summed E-state index contributed by atoms with van der Waals surface area (Å²) < 4.78 is 25.8. The third kappa shape index (κ3) is 0.632. The van der Waals surface area contributed by atoms with Gasteiger partial charge < -0.3 is 5.32 Å². The van der Waals surface area contributed by atoms with Crippen LogP contribution in [0, 0.1) is 11.8 Å². The summed E-state index contributed by atoms with van der Waals surface area (Å²) >= 11 is 0. The molecular formula is C8H11F2N. The molecule has 3 rings (SSSR count). The van der Waals surface area contributed by atoms with E-state index in [1.807, 2.05) is 0 Å². The largest absolute Gasteiger partial charge is 0.311 e. The third-order valence-electron chi connectivity index (χ3n) is 3.51. The molecule has 1 saturated carbocycles. The van der Waals surface area contributed by atoms with Crippen molar-refractivity contribution >= 4 is 0 Å². The van der Waals surface area contributed by atoms with E-state index in [2.05, 4.69) is 5.32 Å².